The number of nitrogens with zero attached hydrogens (tertiary/aromatic N) is 1. The number of hydrogen-bond acceptors (Lipinski definition) is 3. The molecule has 0 aromatic heterocycles. The zero-order valence-corrected chi connectivity index (χ0v) is 13.9. The van der Waals surface area contributed by atoms with Gasteiger partial charge in [-0.05, 0) is 42.0 Å². The van der Waals surface area contributed by atoms with Gasteiger partial charge in [-0.25, -0.2) is 0 Å². The molecule has 0 amide bonds. The van der Waals surface area contributed by atoms with E-state index < -0.39 is 7.37 Å². The highest BCUT2D eigenvalue weighted by molar-refractivity contribution is 7.74. The summed E-state index contributed by atoms with van der Waals surface area (Å²) in [6.45, 7) is 0.215. The lowest BCUT2D eigenvalue weighted by Gasteiger charge is -2.19. The minimum atomic E-state index is -3.17. The molecule has 3 aromatic carbocycles. The summed E-state index contributed by atoms with van der Waals surface area (Å²) in [5.41, 5.74) is 1.47. The van der Waals surface area contributed by atoms with E-state index in [0.717, 1.165) is 5.56 Å². The second-order valence-electron chi connectivity index (χ2n) is 5.30. The monoisotopic (exact) mass is 333 g/mol. The molecule has 0 radical (unpaired) electrons. The predicted octanol–water partition coefficient (Wildman–Crippen LogP) is 4.00. The Bertz CT molecular complexity index is 841. The zero-order valence-electron chi connectivity index (χ0n) is 13.0. The number of rotatable bonds is 5. The van der Waals surface area contributed by atoms with Gasteiger partial charge in [0.05, 0.1) is 18.2 Å². The first kappa shape index (κ1) is 16.2. The van der Waals surface area contributed by atoms with E-state index >= 15 is 0 Å². The van der Waals surface area contributed by atoms with E-state index in [0.29, 0.717) is 16.2 Å². The first-order chi connectivity index (χ1) is 11.7. The summed E-state index contributed by atoms with van der Waals surface area (Å²) < 4.78 is 19.6. The Balaban J connectivity index is 1.91. The molecular weight excluding hydrogens is 317 g/mol. The first-order valence-corrected chi connectivity index (χ1v) is 9.20. The van der Waals surface area contributed by atoms with Crippen LogP contribution in [-0.4, -0.2) is 0 Å². The molecule has 4 heteroatoms. The van der Waals surface area contributed by atoms with E-state index in [9.17, 15) is 4.57 Å². The minimum absolute atomic E-state index is 0.215. The molecule has 3 rings (SSSR count). The maximum absolute atomic E-state index is 13.6. The second-order valence-corrected chi connectivity index (χ2v) is 7.70. The Morgan fingerprint density at radius 3 is 1.75 bits per heavy atom. The third-order valence-electron chi connectivity index (χ3n) is 3.69. The third kappa shape index (κ3) is 3.46. The Hall–Kier alpha value is -2.66. The third-order valence-corrected chi connectivity index (χ3v) is 6.14. The molecule has 0 fully saturated rings. The van der Waals surface area contributed by atoms with Gasteiger partial charge >= 0.3 is 0 Å². The molecule has 0 saturated carbocycles. The highest BCUT2D eigenvalue weighted by Crippen LogP contribution is 2.45. The topological polar surface area (TPSA) is 50.1 Å². The number of hydrogen-bond donors (Lipinski definition) is 0. The van der Waals surface area contributed by atoms with Gasteiger partial charge in [0, 0.05) is 10.6 Å². The van der Waals surface area contributed by atoms with Crippen LogP contribution >= 0.6 is 7.37 Å². The Labute approximate surface area is 141 Å². The van der Waals surface area contributed by atoms with E-state index in [1.54, 1.807) is 12.1 Å². The quantitative estimate of drug-likeness (QED) is 0.663. The average Bonchev–Trinajstić information content (AvgIpc) is 2.68. The fraction of sp³-hybridized carbons (Fsp3) is 0.0500. The van der Waals surface area contributed by atoms with Crippen LogP contribution in [0.1, 0.15) is 11.1 Å². The molecule has 0 spiro atoms. The van der Waals surface area contributed by atoms with Crippen LogP contribution in [0.3, 0.4) is 0 Å². The van der Waals surface area contributed by atoms with E-state index in [-0.39, 0.29) is 6.61 Å². The summed E-state index contributed by atoms with van der Waals surface area (Å²) in [5.74, 6) is 0. The molecule has 0 N–H and O–H groups in total. The van der Waals surface area contributed by atoms with Gasteiger partial charge in [0.25, 0.3) is 7.37 Å². The lowest BCUT2D eigenvalue weighted by atomic mass is 10.2. The maximum Gasteiger partial charge on any atom is 0.261 e. The van der Waals surface area contributed by atoms with E-state index in [4.69, 9.17) is 9.79 Å². The molecule has 3 nitrogen and oxygen atoms in total. The van der Waals surface area contributed by atoms with Gasteiger partial charge in [0.2, 0.25) is 0 Å². The molecule has 0 aliphatic carbocycles. The lowest BCUT2D eigenvalue weighted by Crippen LogP contribution is -2.18. The van der Waals surface area contributed by atoms with Crippen LogP contribution in [0.2, 0.25) is 0 Å². The van der Waals surface area contributed by atoms with E-state index in [1.807, 2.05) is 72.8 Å². The predicted molar refractivity (Wildman–Crippen MR) is 95.7 cm³/mol. The summed E-state index contributed by atoms with van der Waals surface area (Å²) >= 11 is 0. The standard InChI is InChI=1S/C20H16NO2P/c21-15-17-11-13-18(14-12-17)16-23-24(22,19-7-3-1-4-8-19)20-9-5-2-6-10-20/h1-14H,16H2. The van der Waals surface area contributed by atoms with Gasteiger partial charge < -0.3 is 4.52 Å². The molecule has 3 aromatic rings. The van der Waals surface area contributed by atoms with Crippen LogP contribution in [0.25, 0.3) is 0 Å². The van der Waals surface area contributed by atoms with Gasteiger partial charge in [0.15, 0.2) is 0 Å². The molecule has 24 heavy (non-hydrogen) atoms. The fourth-order valence-electron chi connectivity index (χ4n) is 2.39. The zero-order chi connectivity index (χ0) is 16.8. The highest BCUT2D eigenvalue weighted by atomic mass is 31.2. The first-order valence-electron chi connectivity index (χ1n) is 7.57. The maximum atomic E-state index is 13.6. The van der Waals surface area contributed by atoms with Crippen LogP contribution in [0, 0.1) is 11.3 Å². The number of nitriles is 1. The summed E-state index contributed by atoms with van der Waals surface area (Å²) in [5, 5.41) is 10.2. The largest absolute Gasteiger partial charge is 0.317 e. The van der Waals surface area contributed by atoms with Crippen LogP contribution in [0.4, 0.5) is 0 Å². The molecule has 0 aliphatic rings. The average molecular weight is 333 g/mol. The molecular formula is C20H16NO2P. The van der Waals surface area contributed by atoms with Crippen molar-refractivity contribution in [1.29, 1.82) is 5.26 Å². The van der Waals surface area contributed by atoms with Crippen molar-refractivity contribution in [2.45, 2.75) is 6.61 Å². The van der Waals surface area contributed by atoms with Gasteiger partial charge in [-0.3, -0.25) is 4.57 Å². The summed E-state index contributed by atoms with van der Waals surface area (Å²) in [7, 11) is -3.17. The molecule has 0 unspecified atom stereocenters. The Morgan fingerprint density at radius 1 is 0.792 bits per heavy atom. The van der Waals surface area contributed by atoms with Gasteiger partial charge in [0.1, 0.15) is 0 Å². The van der Waals surface area contributed by atoms with Crippen molar-refractivity contribution in [2.24, 2.45) is 0 Å². The SMILES string of the molecule is N#Cc1ccc(COP(=O)(c2ccccc2)c2ccccc2)cc1. The molecule has 0 aliphatic heterocycles. The van der Waals surface area contributed by atoms with Crippen LogP contribution in [-0.2, 0) is 15.7 Å². The van der Waals surface area contributed by atoms with Crippen molar-refractivity contribution in [3.05, 3.63) is 96.1 Å². The van der Waals surface area contributed by atoms with Gasteiger partial charge in [-0.1, -0.05) is 48.5 Å². The van der Waals surface area contributed by atoms with E-state index in [2.05, 4.69) is 6.07 Å². The van der Waals surface area contributed by atoms with Gasteiger partial charge in [-0.2, -0.15) is 5.26 Å². The molecule has 118 valence electrons. The Morgan fingerprint density at radius 2 is 1.29 bits per heavy atom. The second kappa shape index (κ2) is 7.27. The van der Waals surface area contributed by atoms with Gasteiger partial charge in [-0.15, -0.1) is 0 Å². The Kier molecular flexibility index (Phi) is 4.91. The highest BCUT2D eigenvalue weighted by Gasteiger charge is 2.28. The molecule has 0 atom stereocenters. The summed E-state index contributed by atoms with van der Waals surface area (Å²) in [4.78, 5) is 0. The minimum Gasteiger partial charge on any atom is -0.317 e. The molecule has 0 heterocycles. The normalized spacial score (nSPS) is 11.0. The summed E-state index contributed by atoms with van der Waals surface area (Å²) in [6.07, 6.45) is 0. The molecule has 0 bridgehead atoms. The fourth-order valence-corrected chi connectivity index (χ4v) is 4.44. The molecule has 0 saturated heterocycles. The van der Waals surface area contributed by atoms with Crippen molar-refractivity contribution >= 4 is 18.0 Å². The van der Waals surface area contributed by atoms with Crippen molar-refractivity contribution in [2.75, 3.05) is 0 Å². The van der Waals surface area contributed by atoms with Crippen LogP contribution in [0.5, 0.6) is 0 Å². The van der Waals surface area contributed by atoms with Crippen molar-refractivity contribution in [3.63, 3.8) is 0 Å². The summed E-state index contributed by atoms with van der Waals surface area (Å²) in [6, 6.07) is 27.7. The van der Waals surface area contributed by atoms with Crippen molar-refractivity contribution in [1.82, 2.24) is 0 Å². The van der Waals surface area contributed by atoms with Crippen LogP contribution in [0.15, 0.2) is 84.9 Å². The number of benzene rings is 3. The van der Waals surface area contributed by atoms with E-state index in [1.165, 1.54) is 0 Å². The van der Waals surface area contributed by atoms with Crippen molar-refractivity contribution < 1.29 is 9.09 Å². The van der Waals surface area contributed by atoms with Crippen molar-refractivity contribution in [3.8, 4) is 6.07 Å². The lowest BCUT2D eigenvalue weighted by molar-refractivity contribution is 0.316. The smallest absolute Gasteiger partial charge is 0.261 e. The van der Waals surface area contributed by atoms with Crippen LogP contribution < -0.4 is 10.6 Å².